The Balaban J connectivity index is 1.74. The van der Waals surface area contributed by atoms with Crippen LogP contribution in [0.5, 0.6) is 0 Å². The van der Waals surface area contributed by atoms with Crippen LogP contribution in [0.25, 0.3) is 11.1 Å². The van der Waals surface area contributed by atoms with E-state index in [0.29, 0.717) is 0 Å². The summed E-state index contributed by atoms with van der Waals surface area (Å²) < 4.78 is 0. The minimum atomic E-state index is 0.123. The van der Waals surface area contributed by atoms with Crippen molar-refractivity contribution in [2.45, 2.75) is 12.8 Å². The molecule has 0 aromatic heterocycles. The van der Waals surface area contributed by atoms with E-state index >= 15 is 0 Å². The third kappa shape index (κ3) is 3.86. The number of hydrogen-bond donors (Lipinski definition) is 2. The fraction of sp³-hybridized carbons (Fsp3) is 0.0952. The number of rotatable bonds is 5. The van der Waals surface area contributed by atoms with Crippen LogP contribution in [0.2, 0.25) is 0 Å². The molecule has 23 heavy (non-hydrogen) atoms. The van der Waals surface area contributed by atoms with Gasteiger partial charge >= 0.3 is 0 Å². The van der Waals surface area contributed by atoms with E-state index in [4.69, 9.17) is 11.1 Å². The first-order valence-electron chi connectivity index (χ1n) is 7.80. The van der Waals surface area contributed by atoms with Crippen LogP contribution in [0.3, 0.4) is 0 Å². The number of benzene rings is 3. The summed E-state index contributed by atoms with van der Waals surface area (Å²) in [5.41, 5.74) is 11.4. The maximum Gasteiger partial charge on any atom is 0.122 e. The quantitative estimate of drug-likeness (QED) is 0.532. The van der Waals surface area contributed by atoms with Gasteiger partial charge in [0, 0.05) is 5.56 Å². The average molecular weight is 300 g/mol. The minimum Gasteiger partial charge on any atom is -0.384 e. The van der Waals surface area contributed by atoms with Gasteiger partial charge in [0.05, 0.1) is 0 Å². The Morgan fingerprint density at radius 3 is 2.00 bits per heavy atom. The molecule has 0 aliphatic heterocycles. The van der Waals surface area contributed by atoms with Crippen LogP contribution in [0.15, 0.2) is 78.9 Å². The van der Waals surface area contributed by atoms with Crippen LogP contribution in [-0.4, -0.2) is 5.84 Å². The van der Waals surface area contributed by atoms with Crippen molar-refractivity contribution in [1.29, 1.82) is 5.41 Å². The summed E-state index contributed by atoms with van der Waals surface area (Å²) in [6.45, 7) is 0. The van der Waals surface area contributed by atoms with Gasteiger partial charge in [0.15, 0.2) is 0 Å². The molecule has 0 saturated heterocycles. The zero-order valence-corrected chi connectivity index (χ0v) is 13.0. The molecule has 0 aliphatic rings. The normalized spacial score (nSPS) is 10.4. The first kappa shape index (κ1) is 15.0. The fourth-order valence-corrected chi connectivity index (χ4v) is 2.72. The van der Waals surface area contributed by atoms with Crippen molar-refractivity contribution < 1.29 is 0 Å². The summed E-state index contributed by atoms with van der Waals surface area (Å²) in [6.07, 6.45) is 1.92. The number of nitrogens with two attached hydrogens (primary N) is 1. The van der Waals surface area contributed by atoms with Gasteiger partial charge in [-0.15, -0.1) is 0 Å². The second kappa shape index (κ2) is 6.93. The Morgan fingerprint density at radius 2 is 1.30 bits per heavy atom. The summed E-state index contributed by atoms with van der Waals surface area (Å²) in [6, 6.07) is 27.1. The third-order valence-electron chi connectivity index (χ3n) is 3.97. The van der Waals surface area contributed by atoms with E-state index in [0.717, 1.165) is 18.4 Å². The van der Waals surface area contributed by atoms with Crippen molar-refractivity contribution in [3.63, 3.8) is 0 Å². The van der Waals surface area contributed by atoms with Crippen molar-refractivity contribution in [2.24, 2.45) is 5.73 Å². The van der Waals surface area contributed by atoms with Gasteiger partial charge in [-0.3, -0.25) is 5.41 Å². The molecule has 0 heterocycles. The lowest BCUT2D eigenvalue weighted by molar-refractivity contribution is 0.960. The fourth-order valence-electron chi connectivity index (χ4n) is 2.72. The van der Waals surface area contributed by atoms with E-state index < -0.39 is 0 Å². The van der Waals surface area contributed by atoms with Gasteiger partial charge in [-0.05, 0) is 41.2 Å². The van der Waals surface area contributed by atoms with Gasteiger partial charge in [0.25, 0.3) is 0 Å². The molecular weight excluding hydrogens is 280 g/mol. The Bertz CT molecular complexity index is 807. The molecule has 3 rings (SSSR count). The Labute approximate surface area is 137 Å². The maximum absolute atomic E-state index is 7.53. The molecule has 114 valence electrons. The molecule has 2 heteroatoms. The molecule has 0 aliphatic carbocycles. The lowest BCUT2D eigenvalue weighted by Gasteiger charge is -2.07. The lowest BCUT2D eigenvalue weighted by atomic mass is 9.98. The third-order valence-corrected chi connectivity index (χ3v) is 3.97. The molecule has 0 unspecified atom stereocenters. The Morgan fingerprint density at radius 1 is 0.696 bits per heavy atom. The smallest absolute Gasteiger partial charge is 0.122 e. The zero-order chi connectivity index (χ0) is 16.1. The predicted octanol–water partition coefficient (Wildman–Crippen LogP) is 4.42. The van der Waals surface area contributed by atoms with Crippen molar-refractivity contribution >= 4 is 5.84 Å². The minimum absolute atomic E-state index is 0.123. The molecule has 0 amide bonds. The number of amidine groups is 1. The topological polar surface area (TPSA) is 49.9 Å². The first-order chi connectivity index (χ1) is 11.2. The zero-order valence-electron chi connectivity index (χ0n) is 13.0. The van der Waals surface area contributed by atoms with E-state index in [2.05, 4.69) is 54.6 Å². The van der Waals surface area contributed by atoms with E-state index in [-0.39, 0.29) is 5.84 Å². The number of nitrogen functional groups attached to an aromatic ring is 1. The van der Waals surface area contributed by atoms with Crippen LogP contribution in [0.1, 0.15) is 16.7 Å². The highest BCUT2D eigenvalue weighted by molar-refractivity contribution is 5.95. The largest absolute Gasteiger partial charge is 0.384 e. The summed E-state index contributed by atoms with van der Waals surface area (Å²) >= 11 is 0. The highest BCUT2D eigenvalue weighted by Gasteiger charge is 2.02. The van der Waals surface area contributed by atoms with E-state index in [9.17, 15) is 0 Å². The molecule has 0 radical (unpaired) electrons. The summed E-state index contributed by atoms with van der Waals surface area (Å²) in [5.74, 6) is 0.123. The molecule has 3 aromatic rings. The van der Waals surface area contributed by atoms with E-state index in [1.807, 2.05) is 24.3 Å². The molecule has 0 fully saturated rings. The number of nitrogens with one attached hydrogen (secondary N) is 1. The van der Waals surface area contributed by atoms with Gasteiger partial charge in [-0.2, -0.15) is 0 Å². The highest BCUT2D eigenvalue weighted by Crippen LogP contribution is 2.21. The molecule has 2 nitrogen and oxygen atoms in total. The number of aryl methyl sites for hydroxylation is 2. The summed E-state index contributed by atoms with van der Waals surface area (Å²) in [4.78, 5) is 0. The molecule has 3 N–H and O–H groups in total. The van der Waals surface area contributed by atoms with Crippen LogP contribution in [0.4, 0.5) is 0 Å². The van der Waals surface area contributed by atoms with Crippen LogP contribution >= 0.6 is 0 Å². The molecule has 0 bridgehead atoms. The molecule has 0 atom stereocenters. The molecule has 3 aromatic carbocycles. The summed E-state index contributed by atoms with van der Waals surface area (Å²) in [5, 5.41) is 7.53. The molecule has 0 spiro atoms. The Hall–Kier alpha value is -2.87. The number of hydrogen-bond acceptors (Lipinski definition) is 1. The van der Waals surface area contributed by atoms with Crippen molar-refractivity contribution in [2.75, 3.05) is 0 Å². The monoisotopic (exact) mass is 300 g/mol. The van der Waals surface area contributed by atoms with Crippen molar-refractivity contribution in [1.82, 2.24) is 0 Å². The Kier molecular flexibility index (Phi) is 4.53. The molecular formula is C21H20N2. The second-order valence-corrected chi connectivity index (χ2v) is 5.68. The van der Waals surface area contributed by atoms with E-state index in [1.165, 1.54) is 22.3 Å². The van der Waals surface area contributed by atoms with Crippen molar-refractivity contribution in [3.8, 4) is 11.1 Å². The van der Waals surface area contributed by atoms with Gasteiger partial charge in [-0.1, -0.05) is 72.8 Å². The highest BCUT2D eigenvalue weighted by atomic mass is 14.7. The van der Waals surface area contributed by atoms with E-state index in [1.54, 1.807) is 0 Å². The van der Waals surface area contributed by atoms with Crippen LogP contribution in [-0.2, 0) is 12.8 Å². The van der Waals surface area contributed by atoms with Gasteiger partial charge in [0.2, 0.25) is 0 Å². The standard InChI is InChI=1S/C21H20N2/c22-21(23)20-11-5-7-17(15-20)13-12-16-6-4-10-19(14-16)18-8-2-1-3-9-18/h1-11,14-15H,12-13H2,(H3,22,23). The van der Waals surface area contributed by atoms with Gasteiger partial charge in [0.1, 0.15) is 5.84 Å². The van der Waals surface area contributed by atoms with Gasteiger partial charge < -0.3 is 5.73 Å². The first-order valence-corrected chi connectivity index (χ1v) is 7.80. The lowest BCUT2D eigenvalue weighted by Crippen LogP contribution is -2.11. The average Bonchev–Trinajstić information content (AvgIpc) is 2.61. The second-order valence-electron chi connectivity index (χ2n) is 5.68. The SMILES string of the molecule is N=C(N)c1cccc(CCc2cccc(-c3ccccc3)c2)c1. The van der Waals surface area contributed by atoms with Crippen LogP contribution in [0, 0.1) is 5.41 Å². The molecule has 0 saturated carbocycles. The van der Waals surface area contributed by atoms with Crippen molar-refractivity contribution in [3.05, 3.63) is 95.6 Å². The predicted molar refractivity (Wildman–Crippen MR) is 96.7 cm³/mol. The van der Waals surface area contributed by atoms with Gasteiger partial charge in [-0.25, -0.2) is 0 Å². The van der Waals surface area contributed by atoms with Crippen LogP contribution < -0.4 is 5.73 Å². The summed E-state index contributed by atoms with van der Waals surface area (Å²) in [7, 11) is 0. The maximum atomic E-state index is 7.53.